The van der Waals surface area contributed by atoms with E-state index < -0.39 is 0 Å². The Morgan fingerprint density at radius 2 is 0.947 bits per heavy atom. The molecule has 0 fully saturated rings. The molecule has 0 saturated heterocycles. The first kappa shape index (κ1) is 26.2. The molecule has 0 saturated carbocycles. The van der Waals surface area contributed by atoms with E-state index in [1.807, 2.05) is 50.2 Å². The van der Waals surface area contributed by atoms with Gasteiger partial charge in [0.2, 0.25) is 11.8 Å². The summed E-state index contributed by atoms with van der Waals surface area (Å²) in [5.41, 5.74) is 6.57. The highest BCUT2D eigenvalue weighted by Crippen LogP contribution is 2.28. The van der Waals surface area contributed by atoms with Gasteiger partial charge in [-0.15, -0.1) is 0 Å². The quantitative estimate of drug-likeness (QED) is 0.253. The Kier molecular flexibility index (Phi) is 8.23. The van der Waals surface area contributed by atoms with Crippen molar-refractivity contribution in [3.63, 3.8) is 0 Å². The molecule has 0 aromatic heterocycles. The molecule has 2 N–H and O–H groups in total. The number of hydrogen-bond donors (Lipinski definition) is 2. The van der Waals surface area contributed by atoms with Crippen molar-refractivity contribution in [3.05, 3.63) is 131 Å². The Morgan fingerprint density at radius 1 is 0.579 bits per heavy atom. The average Bonchev–Trinajstić information content (AvgIpc) is 2.90. The highest BCUT2D eigenvalue weighted by Gasteiger charge is 2.08. The largest absolute Gasteiger partial charge is 0.322 e. The number of carbonyl (C=O) groups is 2. The van der Waals surface area contributed by atoms with Gasteiger partial charge in [-0.1, -0.05) is 36.4 Å². The molecular formula is C32H26F2N2O2. The Bertz CT molecular complexity index is 1410. The molecule has 4 aromatic rings. The number of anilines is 2. The van der Waals surface area contributed by atoms with E-state index in [9.17, 15) is 18.4 Å². The Balaban J connectivity index is 1.39. The summed E-state index contributed by atoms with van der Waals surface area (Å²) in [5.74, 6) is -1.22. The van der Waals surface area contributed by atoms with Crippen LogP contribution in [0.4, 0.5) is 20.2 Å². The molecule has 190 valence electrons. The van der Waals surface area contributed by atoms with Crippen molar-refractivity contribution in [1.82, 2.24) is 0 Å². The van der Waals surface area contributed by atoms with Gasteiger partial charge in [-0.2, -0.15) is 0 Å². The minimum atomic E-state index is -0.326. The second-order valence-corrected chi connectivity index (χ2v) is 8.81. The van der Waals surface area contributed by atoms with Crippen molar-refractivity contribution in [2.45, 2.75) is 13.8 Å². The van der Waals surface area contributed by atoms with Crippen molar-refractivity contribution in [1.29, 1.82) is 0 Å². The fourth-order valence-corrected chi connectivity index (χ4v) is 3.81. The summed E-state index contributed by atoms with van der Waals surface area (Å²) in [6.07, 6.45) is 6.07. The Labute approximate surface area is 220 Å². The normalized spacial score (nSPS) is 11.2. The summed E-state index contributed by atoms with van der Waals surface area (Å²) in [4.78, 5) is 24.7. The molecule has 0 unspecified atom stereocenters. The molecule has 38 heavy (non-hydrogen) atoms. The van der Waals surface area contributed by atoms with E-state index in [1.165, 1.54) is 36.4 Å². The number of nitrogens with one attached hydrogen (secondary N) is 2. The molecule has 0 aliphatic heterocycles. The van der Waals surface area contributed by atoms with Gasteiger partial charge in [-0.25, -0.2) is 8.78 Å². The van der Waals surface area contributed by atoms with Crippen LogP contribution in [0.2, 0.25) is 0 Å². The summed E-state index contributed by atoms with van der Waals surface area (Å²) < 4.78 is 26.0. The first-order chi connectivity index (χ1) is 18.3. The van der Waals surface area contributed by atoms with Crippen molar-refractivity contribution in [2.75, 3.05) is 10.6 Å². The second kappa shape index (κ2) is 11.9. The van der Waals surface area contributed by atoms with E-state index in [1.54, 1.807) is 36.4 Å². The Morgan fingerprint density at radius 3 is 1.29 bits per heavy atom. The fraction of sp³-hybridized carbons (Fsp3) is 0.0625. The highest BCUT2D eigenvalue weighted by molar-refractivity contribution is 6.03. The molecule has 4 nitrogen and oxygen atoms in total. The van der Waals surface area contributed by atoms with Crippen LogP contribution in [0.25, 0.3) is 23.3 Å². The van der Waals surface area contributed by atoms with Crippen LogP contribution in [0.3, 0.4) is 0 Å². The number of carbonyl (C=O) groups excluding carboxylic acids is 2. The van der Waals surface area contributed by atoms with Crippen molar-refractivity contribution < 1.29 is 18.4 Å². The first-order valence-corrected chi connectivity index (χ1v) is 12.0. The summed E-state index contributed by atoms with van der Waals surface area (Å²) in [6.45, 7) is 3.83. The van der Waals surface area contributed by atoms with Gasteiger partial charge in [0.15, 0.2) is 0 Å². The van der Waals surface area contributed by atoms with E-state index in [2.05, 4.69) is 10.6 Å². The van der Waals surface area contributed by atoms with Crippen molar-refractivity contribution in [2.24, 2.45) is 0 Å². The van der Waals surface area contributed by atoms with Crippen LogP contribution < -0.4 is 10.6 Å². The molecule has 0 spiro atoms. The zero-order chi connectivity index (χ0) is 27.1. The second-order valence-electron chi connectivity index (χ2n) is 8.81. The summed E-state index contributed by atoms with van der Waals surface area (Å²) >= 11 is 0. The van der Waals surface area contributed by atoms with Gasteiger partial charge in [0.1, 0.15) is 11.6 Å². The van der Waals surface area contributed by atoms with Crippen LogP contribution in [-0.4, -0.2) is 11.8 Å². The average molecular weight is 509 g/mol. The molecule has 4 aromatic carbocycles. The molecule has 0 aliphatic rings. The molecule has 0 heterocycles. The standard InChI is InChI=1S/C32H26F2N2O2/c1-21-19-25(9-15-29(21)35-31(37)17-7-23-3-11-27(33)12-4-23)26-10-16-30(22(2)20-26)36-32(38)18-8-24-5-13-28(34)14-6-24/h3-20H,1-2H3,(H,35,37)(H,36,38). The summed E-state index contributed by atoms with van der Waals surface area (Å²) in [5, 5.41) is 5.73. The van der Waals surface area contributed by atoms with Crippen molar-refractivity contribution >= 4 is 35.3 Å². The monoisotopic (exact) mass is 508 g/mol. The summed E-state index contributed by atoms with van der Waals surface area (Å²) in [6, 6.07) is 23.3. The molecule has 0 atom stereocenters. The number of amides is 2. The van der Waals surface area contributed by atoms with Crippen LogP contribution in [0.1, 0.15) is 22.3 Å². The van der Waals surface area contributed by atoms with E-state index in [0.717, 1.165) is 33.4 Å². The van der Waals surface area contributed by atoms with E-state index >= 15 is 0 Å². The molecule has 6 heteroatoms. The van der Waals surface area contributed by atoms with E-state index in [-0.39, 0.29) is 23.4 Å². The van der Waals surface area contributed by atoms with E-state index in [0.29, 0.717) is 11.4 Å². The number of hydrogen-bond acceptors (Lipinski definition) is 2. The van der Waals surface area contributed by atoms with Gasteiger partial charge in [0.05, 0.1) is 0 Å². The number of rotatable bonds is 7. The Hall–Kier alpha value is -4.84. The zero-order valence-corrected chi connectivity index (χ0v) is 21.0. The third kappa shape index (κ3) is 7.11. The molecule has 4 rings (SSSR count). The zero-order valence-electron chi connectivity index (χ0n) is 21.0. The third-order valence-electron chi connectivity index (χ3n) is 5.90. The van der Waals surface area contributed by atoms with Crippen LogP contribution in [0.5, 0.6) is 0 Å². The topological polar surface area (TPSA) is 58.2 Å². The van der Waals surface area contributed by atoms with Gasteiger partial charge < -0.3 is 10.6 Å². The highest BCUT2D eigenvalue weighted by atomic mass is 19.1. The van der Waals surface area contributed by atoms with Crippen LogP contribution in [-0.2, 0) is 9.59 Å². The molecule has 2 amide bonds. The number of halogens is 2. The van der Waals surface area contributed by atoms with Crippen LogP contribution in [0, 0.1) is 25.5 Å². The lowest BCUT2D eigenvalue weighted by Gasteiger charge is -2.12. The van der Waals surface area contributed by atoms with Crippen molar-refractivity contribution in [3.8, 4) is 11.1 Å². The number of benzene rings is 4. The lowest BCUT2D eigenvalue weighted by atomic mass is 10.00. The predicted molar refractivity (Wildman–Crippen MR) is 149 cm³/mol. The minimum Gasteiger partial charge on any atom is -0.322 e. The molecular weight excluding hydrogens is 482 g/mol. The molecule has 0 radical (unpaired) electrons. The predicted octanol–water partition coefficient (Wildman–Crippen LogP) is 7.55. The lowest BCUT2D eigenvalue weighted by molar-refractivity contribution is -0.112. The maximum absolute atomic E-state index is 13.0. The van der Waals surface area contributed by atoms with Crippen LogP contribution >= 0.6 is 0 Å². The fourth-order valence-electron chi connectivity index (χ4n) is 3.81. The number of aryl methyl sites for hydroxylation is 2. The SMILES string of the molecule is Cc1cc(-c2ccc(NC(=O)C=Cc3ccc(F)cc3)c(C)c2)ccc1NC(=O)C=Cc1ccc(F)cc1. The van der Waals surface area contributed by atoms with Gasteiger partial charge in [0, 0.05) is 23.5 Å². The maximum Gasteiger partial charge on any atom is 0.248 e. The lowest BCUT2D eigenvalue weighted by Crippen LogP contribution is -2.09. The van der Waals surface area contributed by atoms with Gasteiger partial charge in [-0.3, -0.25) is 9.59 Å². The van der Waals surface area contributed by atoms with E-state index in [4.69, 9.17) is 0 Å². The van der Waals surface area contributed by atoms with Crippen LogP contribution in [0.15, 0.2) is 97.1 Å². The smallest absolute Gasteiger partial charge is 0.248 e. The molecule has 0 aliphatic carbocycles. The third-order valence-corrected chi connectivity index (χ3v) is 5.90. The summed E-state index contributed by atoms with van der Waals surface area (Å²) in [7, 11) is 0. The van der Waals surface area contributed by atoms with Gasteiger partial charge in [-0.05, 0) is 108 Å². The molecule has 0 bridgehead atoms. The maximum atomic E-state index is 13.0. The van der Waals surface area contributed by atoms with Gasteiger partial charge >= 0.3 is 0 Å². The van der Waals surface area contributed by atoms with Gasteiger partial charge in [0.25, 0.3) is 0 Å². The first-order valence-electron chi connectivity index (χ1n) is 12.0. The minimum absolute atomic E-state index is 0.283.